The summed E-state index contributed by atoms with van der Waals surface area (Å²) < 4.78 is 2.03. The van der Waals surface area contributed by atoms with E-state index in [9.17, 15) is 9.59 Å². The van der Waals surface area contributed by atoms with E-state index in [1.165, 1.54) is 43.1 Å². The van der Waals surface area contributed by atoms with Crippen molar-refractivity contribution in [1.82, 2.24) is 19.4 Å². The molecule has 0 unspecified atom stereocenters. The Morgan fingerprint density at radius 1 is 1.00 bits per heavy atom. The summed E-state index contributed by atoms with van der Waals surface area (Å²) in [6.45, 7) is 1.21. The number of carbonyl (C=O) groups is 2. The molecular weight excluding hydrogens is 514 g/mol. The van der Waals surface area contributed by atoms with Crippen molar-refractivity contribution in [3.05, 3.63) is 77.0 Å². The lowest BCUT2D eigenvalue weighted by Gasteiger charge is -2.17. The number of benzene rings is 1. The minimum Gasteiger partial charge on any atom is -0.364 e. The number of aromatic nitrogens is 4. The second-order valence-corrected chi connectivity index (χ2v) is 10.7. The fourth-order valence-corrected chi connectivity index (χ4v) is 5.13. The Morgan fingerprint density at radius 2 is 1.79 bits per heavy atom. The minimum absolute atomic E-state index is 0.165. The normalized spacial score (nSPS) is 16.6. The molecule has 9 nitrogen and oxygen atoms in total. The van der Waals surface area contributed by atoms with Crippen LogP contribution in [0.15, 0.2) is 55.1 Å². The molecule has 3 aliphatic rings. The number of hydrogen-bond donors (Lipinski definition) is 2. The Hall–Kier alpha value is -3.98. The first-order valence-electron chi connectivity index (χ1n) is 13.4. The van der Waals surface area contributed by atoms with E-state index in [4.69, 9.17) is 16.6 Å². The number of carbonyl (C=O) groups excluding carboxylic acids is 2. The molecule has 39 heavy (non-hydrogen) atoms. The molecule has 4 aromatic rings. The Labute approximate surface area is 231 Å². The summed E-state index contributed by atoms with van der Waals surface area (Å²) in [6.07, 6.45) is 12.7. The van der Waals surface area contributed by atoms with Crippen molar-refractivity contribution in [3.8, 4) is 0 Å². The van der Waals surface area contributed by atoms with E-state index < -0.39 is 0 Å². The van der Waals surface area contributed by atoms with Crippen LogP contribution in [0.3, 0.4) is 0 Å². The van der Waals surface area contributed by atoms with Gasteiger partial charge in [0.15, 0.2) is 5.65 Å². The molecule has 10 heteroatoms. The molecule has 2 amide bonds. The molecule has 3 fully saturated rings. The predicted octanol–water partition coefficient (Wildman–Crippen LogP) is 5.53. The SMILES string of the molecule is Clc1cccc(C2CC2)c1.O=CNc1cc(NCc2cn3cc(C4CC4)cc(N4CCCC4=O)c3n2)ncn1. The maximum Gasteiger partial charge on any atom is 0.227 e. The first-order chi connectivity index (χ1) is 19.1. The smallest absolute Gasteiger partial charge is 0.227 e. The van der Waals surface area contributed by atoms with E-state index in [0.717, 1.165) is 40.9 Å². The predicted molar refractivity (Wildman–Crippen MR) is 151 cm³/mol. The lowest BCUT2D eigenvalue weighted by molar-refractivity contribution is -0.117. The zero-order chi connectivity index (χ0) is 26.8. The van der Waals surface area contributed by atoms with Gasteiger partial charge in [0.1, 0.15) is 18.0 Å². The number of nitrogens with one attached hydrogen (secondary N) is 2. The largest absolute Gasteiger partial charge is 0.364 e. The van der Waals surface area contributed by atoms with Gasteiger partial charge in [0.2, 0.25) is 12.3 Å². The highest BCUT2D eigenvalue weighted by molar-refractivity contribution is 6.30. The quantitative estimate of drug-likeness (QED) is 0.283. The number of nitrogens with zero attached hydrogens (tertiary/aromatic N) is 5. The molecule has 1 aromatic carbocycles. The van der Waals surface area contributed by atoms with Gasteiger partial charge in [-0.05, 0) is 73.3 Å². The van der Waals surface area contributed by atoms with Gasteiger partial charge >= 0.3 is 0 Å². The van der Waals surface area contributed by atoms with Crippen LogP contribution in [0.1, 0.15) is 67.2 Å². The highest BCUT2D eigenvalue weighted by Gasteiger charge is 2.29. The topological polar surface area (TPSA) is 105 Å². The molecular formula is C29H30ClN7O2. The van der Waals surface area contributed by atoms with Crippen LogP contribution < -0.4 is 15.5 Å². The van der Waals surface area contributed by atoms with Gasteiger partial charge in [-0.2, -0.15) is 0 Å². The molecule has 2 aliphatic carbocycles. The number of hydrogen-bond acceptors (Lipinski definition) is 6. The zero-order valence-electron chi connectivity index (χ0n) is 21.5. The first kappa shape index (κ1) is 25.3. The molecule has 4 heterocycles. The van der Waals surface area contributed by atoms with Crippen LogP contribution in [0, 0.1) is 0 Å². The third-order valence-corrected chi connectivity index (χ3v) is 7.47. The highest BCUT2D eigenvalue weighted by atomic mass is 35.5. The van der Waals surface area contributed by atoms with Crippen LogP contribution in [0.2, 0.25) is 5.02 Å². The van der Waals surface area contributed by atoms with Crippen molar-refractivity contribution in [2.75, 3.05) is 22.1 Å². The zero-order valence-corrected chi connectivity index (χ0v) is 22.3. The van der Waals surface area contributed by atoms with Crippen LogP contribution >= 0.6 is 11.6 Å². The van der Waals surface area contributed by atoms with E-state index in [-0.39, 0.29) is 5.91 Å². The fraction of sp³-hybridized carbons (Fsp3) is 0.345. The van der Waals surface area contributed by atoms with Gasteiger partial charge in [0.25, 0.3) is 0 Å². The maximum absolute atomic E-state index is 12.3. The molecule has 0 spiro atoms. The van der Waals surface area contributed by atoms with Crippen LogP contribution in [0.5, 0.6) is 0 Å². The molecule has 3 aromatic heterocycles. The summed E-state index contributed by atoms with van der Waals surface area (Å²) in [5, 5.41) is 6.57. The van der Waals surface area contributed by atoms with E-state index in [2.05, 4.69) is 45.0 Å². The maximum atomic E-state index is 12.3. The standard InChI is InChI=1S/C20H21N7O2.C9H9Cl/c28-12-24-18-7-17(22-11-23-18)21-8-15-10-26-9-14(13-3-4-13)6-16(20(26)25-15)27-5-1-2-19(27)29;10-9-3-1-2-8(6-9)7-4-5-7/h6-7,9-13H,1-5,8H2,(H2,21,22,23,24,28);1-3,6-7H,4-5H2. The average molecular weight is 544 g/mol. The van der Waals surface area contributed by atoms with Gasteiger partial charge in [-0.1, -0.05) is 23.7 Å². The minimum atomic E-state index is 0.165. The summed E-state index contributed by atoms with van der Waals surface area (Å²) >= 11 is 5.82. The molecule has 2 N–H and O–H groups in total. The molecule has 1 saturated heterocycles. The number of fused-ring (bicyclic) bond motifs is 1. The number of anilines is 3. The average Bonchev–Trinajstić information content (AvgIpc) is 3.87. The lowest BCUT2D eigenvalue weighted by atomic mass is 10.1. The van der Waals surface area contributed by atoms with Crippen LogP contribution in [0.25, 0.3) is 5.65 Å². The second-order valence-electron chi connectivity index (χ2n) is 10.3. The molecule has 0 bridgehead atoms. The molecule has 2 saturated carbocycles. The summed E-state index contributed by atoms with van der Waals surface area (Å²) in [5.74, 6) is 2.59. The van der Waals surface area contributed by atoms with Crippen molar-refractivity contribution in [2.45, 2.75) is 56.9 Å². The number of amides is 2. The van der Waals surface area contributed by atoms with Crippen LogP contribution in [-0.4, -0.2) is 38.2 Å². The van der Waals surface area contributed by atoms with Crippen molar-refractivity contribution in [1.29, 1.82) is 0 Å². The number of pyridine rings is 1. The third kappa shape index (κ3) is 6.04. The summed E-state index contributed by atoms with van der Waals surface area (Å²) in [7, 11) is 0. The Balaban J connectivity index is 0.000000231. The molecule has 200 valence electrons. The molecule has 1 aliphatic heterocycles. The van der Waals surface area contributed by atoms with Crippen molar-refractivity contribution < 1.29 is 9.59 Å². The van der Waals surface area contributed by atoms with Crippen LogP contribution in [-0.2, 0) is 16.1 Å². The van der Waals surface area contributed by atoms with Crippen LogP contribution in [0.4, 0.5) is 17.3 Å². The number of halogens is 1. The van der Waals surface area contributed by atoms with Gasteiger partial charge < -0.3 is 19.9 Å². The van der Waals surface area contributed by atoms with E-state index >= 15 is 0 Å². The van der Waals surface area contributed by atoms with E-state index in [0.29, 0.717) is 36.9 Å². The number of imidazole rings is 1. The van der Waals surface area contributed by atoms with Gasteiger partial charge in [-0.25, -0.2) is 15.0 Å². The van der Waals surface area contributed by atoms with Gasteiger partial charge in [0.05, 0.1) is 17.9 Å². The Kier molecular flexibility index (Phi) is 7.15. The summed E-state index contributed by atoms with van der Waals surface area (Å²) in [6, 6.07) is 12.0. The first-order valence-corrected chi connectivity index (χ1v) is 13.8. The summed E-state index contributed by atoms with van der Waals surface area (Å²) in [5.41, 5.74) is 5.22. The highest BCUT2D eigenvalue weighted by Crippen LogP contribution is 2.42. The second kappa shape index (κ2) is 11.0. The monoisotopic (exact) mass is 543 g/mol. The fourth-order valence-electron chi connectivity index (χ4n) is 4.93. The van der Waals surface area contributed by atoms with E-state index in [1.807, 2.05) is 27.6 Å². The van der Waals surface area contributed by atoms with Gasteiger partial charge in [0, 0.05) is 36.4 Å². The van der Waals surface area contributed by atoms with Gasteiger partial charge in [-0.3, -0.25) is 9.59 Å². The molecule has 7 rings (SSSR count). The van der Waals surface area contributed by atoms with Gasteiger partial charge in [-0.15, -0.1) is 0 Å². The number of rotatable bonds is 8. The Bertz CT molecular complexity index is 1510. The molecule has 0 radical (unpaired) electrons. The summed E-state index contributed by atoms with van der Waals surface area (Å²) in [4.78, 5) is 37.7. The third-order valence-electron chi connectivity index (χ3n) is 7.24. The van der Waals surface area contributed by atoms with Crippen molar-refractivity contribution >= 4 is 46.9 Å². The lowest BCUT2D eigenvalue weighted by Crippen LogP contribution is -2.24. The van der Waals surface area contributed by atoms with Crippen molar-refractivity contribution in [3.63, 3.8) is 0 Å². The van der Waals surface area contributed by atoms with Crippen molar-refractivity contribution in [2.24, 2.45) is 0 Å². The molecule has 0 atom stereocenters. The van der Waals surface area contributed by atoms with E-state index in [1.54, 1.807) is 6.07 Å². The Morgan fingerprint density at radius 3 is 2.51 bits per heavy atom.